The van der Waals surface area contributed by atoms with Crippen molar-refractivity contribution in [1.82, 2.24) is 14.3 Å². The Kier molecular flexibility index (Phi) is 4.88. The molecule has 0 amide bonds. The van der Waals surface area contributed by atoms with Crippen molar-refractivity contribution in [1.29, 1.82) is 0 Å². The van der Waals surface area contributed by atoms with Gasteiger partial charge in [0.2, 0.25) is 10.0 Å². The number of H-pyrrole nitrogens is 1. The number of aryl methyl sites for hydroxylation is 1. The molecule has 0 unspecified atom stereocenters. The van der Waals surface area contributed by atoms with E-state index in [9.17, 15) is 23.3 Å². The van der Waals surface area contributed by atoms with Gasteiger partial charge >= 0.3 is 0 Å². The van der Waals surface area contributed by atoms with E-state index in [4.69, 9.17) is 0 Å². The lowest BCUT2D eigenvalue weighted by Gasteiger charge is -2.31. The number of para-hydroxylation sites is 1. The first-order valence-corrected chi connectivity index (χ1v) is 9.54. The first kappa shape index (κ1) is 18.2. The Hall–Kier alpha value is -2.59. The average molecular weight is 378 g/mol. The first-order chi connectivity index (χ1) is 12.3. The highest BCUT2D eigenvalue weighted by atomic mass is 32.2. The van der Waals surface area contributed by atoms with E-state index in [-0.39, 0.29) is 29.5 Å². The largest absolute Gasteiger partial charge is 0.310 e. The third-order valence-electron chi connectivity index (χ3n) is 4.34. The van der Waals surface area contributed by atoms with Gasteiger partial charge < -0.3 is 4.98 Å². The van der Waals surface area contributed by atoms with Crippen molar-refractivity contribution in [2.24, 2.45) is 0 Å². The zero-order valence-corrected chi connectivity index (χ0v) is 14.9. The van der Waals surface area contributed by atoms with E-state index in [0.717, 1.165) is 0 Å². The summed E-state index contributed by atoms with van der Waals surface area (Å²) in [4.78, 5) is 28.8. The molecule has 0 aliphatic carbocycles. The molecule has 26 heavy (non-hydrogen) atoms. The van der Waals surface area contributed by atoms with Crippen LogP contribution in [0.2, 0.25) is 0 Å². The molecular formula is C16H18N4O5S. The number of benzene rings is 1. The number of aromatic nitrogens is 2. The van der Waals surface area contributed by atoms with Crippen LogP contribution in [0.4, 0.5) is 5.69 Å². The van der Waals surface area contributed by atoms with Gasteiger partial charge in [-0.2, -0.15) is 4.31 Å². The quantitative estimate of drug-likeness (QED) is 0.635. The third-order valence-corrected chi connectivity index (χ3v) is 6.25. The second kappa shape index (κ2) is 6.96. The van der Waals surface area contributed by atoms with Gasteiger partial charge in [0.15, 0.2) is 4.90 Å². The van der Waals surface area contributed by atoms with E-state index in [1.54, 1.807) is 6.92 Å². The zero-order chi connectivity index (χ0) is 18.9. The second-order valence-electron chi connectivity index (χ2n) is 6.20. The van der Waals surface area contributed by atoms with Crippen molar-refractivity contribution < 1.29 is 13.3 Å². The van der Waals surface area contributed by atoms with Crippen molar-refractivity contribution in [3.63, 3.8) is 0 Å². The molecule has 0 bridgehead atoms. The lowest BCUT2D eigenvalue weighted by atomic mass is 9.99. The normalized spacial score (nSPS) is 18.6. The Bertz CT molecular complexity index is 1000. The number of piperidine rings is 1. The summed E-state index contributed by atoms with van der Waals surface area (Å²) in [6, 6.07) is 6.67. The molecule has 1 atom stereocenters. The van der Waals surface area contributed by atoms with Gasteiger partial charge in [0, 0.05) is 36.8 Å². The predicted octanol–water partition coefficient (Wildman–Crippen LogP) is 1.55. The van der Waals surface area contributed by atoms with Crippen LogP contribution in [0.5, 0.6) is 0 Å². The summed E-state index contributed by atoms with van der Waals surface area (Å²) >= 11 is 0. The summed E-state index contributed by atoms with van der Waals surface area (Å²) in [6.45, 7) is 2.07. The van der Waals surface area contributed by atoms with Crippen molar-refractivity contribution in [3.8, 4) is 0 Å². The van der Waals surface area contributed by atoms with Crippen LogP contribution in [0.15, 0.2) is 40.0 Å². The van der Waals surface area contributed by atoms with Crippen LogP contribution in [0, 0.1) is 17.0 Å². The van der Waals surface area contributed by atoms with E-state index in [1.807, 2.05) is 0 Å². The van der Waals surface area contributed by atoms with E-state index in [1.165, 1.54) is 34.6 Å². The van der Waals surface area contributed by atoms with Gasteiger partial charge in [-0.05, 0) is 25.8 Å². The molecule has 2 heterocycles. The molecule has 1 aromatic heterocycles. The van der Waals surface area contributed by atoms with Crippen molar-refractivity contribution >= 4 is 15.7 Å². The minimum atomic E-state index is -4.03. The zero-order valence-electron chi connectivity index (χ0n) is 14.1. The van der Waals surface area contributed by atoms with Gasteiger partial charge in [-0.3, -0.25) is 14.9 Å². The Morgan fingerprint density at radius 2 is 2.08 bits per heavy atom. The molecule has 1 saturated heterocycles. The number of sulfonamides is 1. The maximum atomic E-state index is 13.0. The number of nitro benzene ring substituents is 1. The van der Waals surface area contributed by atoms with Crippen molar-refractivity contribution in [2.45, 2.75) is 30.6 Å². The Morgan fingerprint density at radius 3 is 2.77 bits per heavy atom. The van der Waals surface area contributed by atoms with E-state index in [0.29, 0.717) is 24.4 Å². The molecule has 2 aromatic rings. The fourth-order valence-corrected chi connectivity index (χ4v) is 4.83. The van der Waals surface area contributed by atoms with E-state index in [2.05, 4.69) is 9.97 Å². The summed E-state index contributed by atoms with van der Waals surface area (Å²) in [5.41, 5.74) is -0.176. The number of rotatable bonds is 4. The lowest BCUT2D eigenvalue weighted by Crippen LogP contribution is -2.40. The van der Waals surface area contributed by atoms with Gasteiger partial charge in [0.05, 0.1) is 4.92 Å². The summed E-state index contributed by atoms with van der Waals surface area (Å²) in [5.74, 6) is 0.173. The summed E-state index contributed by atoms with van der Waals surface area (Å²) in [5, 5.41) is 11.2. The Morgan fingerprint density at radius 1 is 1.35 bits per heavy atom. The van der Waals surface area contributed by atoms with Gasteiger partial charge in [0.1, 0.15) is 5.82 Å². The van der Waals surface area contributed by atoms with E-state index < -0.39 is 20.6 Å². The highest BCUT2D eigenvalue weighted by Crippen LogP contribution is 2.31. The first-order valence-electron chi connectivity index (χ1n) is 8.10. The molecule has 1 N–H and O–H groups in total. The molecule has 0 radical (unpaired) electrons. The minimum absolute atomic E-state index is 0.112. The number of aromatic amines is 1. The number of hydrogen-bond donors (Lipinski definition) is 1. The molecule has 0 saturated carbocycles. The fraction of sp³-hybridized carbons (Fsp3) is 0.375. The average Bonchev–Trinajstić information content (AvgIpc) is 2.61. The summed E-state index contributed by atoms with van der Waals surface area (Å²) in [6.07, 6.45) is 1.25. The Labute approximate surface area is 149 Å². The highest BCUT2D eigenvalue weighted by molar-refractivity contribution is 7.89. The predicted molar refractivity (Wildman–Crippen MR) is 93.4 cm³/mol. The maximum absolute atomic E-state index is 13.0. The van der Waals surface area contributed by atoms with Crippen LogP contribution in [-0.4, -0.2) is 40.7 Å². The molecule has 0 spiro atoms. The third kappa shape index (κ3) is 3.51. The standard InChI is InChI=1S/C16H18N4O5S/c1-11-9-15(21)18-16(17-11)12-5-4-8-19(10-12)26(24,25)14-7-3-2-6-13(14)20(22)23/h2-3,6-7,9,12H,4-5,8,10H2,1H3,(H,17,18,21)/t12-/m0/s1. The van der Waals surface area contributed by atoms with E-state index >= 15 is 0 Å². The molecule has 9 nitrogen and oxygen atoms in total. The second-order valence-corrected chi connectivity index (χ2v) is 8.11. The molecule has 138 valence electrons. The number of nitrogens with one attached hydrogen (secondary N) is 1. The molecule has 3 rings (SSSR count). The highest BCUT2D eigenvalue weighted by Gasteiger charge is 2.35. The maximum Gasteiger partial charge on any atom is 0.289 e. The van der Waals surface area contributed by atoms with Crippen molar-refractivity contribution in [3.05, 3.63) is 62.3 Å². The molecule has 1 aliphatic heterocycles. The SMILES string of the molecule is Cc1cc(=O)[nH]c([C@H]2CCCN(S(=O)(=O)c3ccccc3[N+](=O)[O-])C2)n1. The molecule has 1 fully saturated rings. The molecule has 1 aromatic carbocycles. The lowest BCUT2D eigenvalue weighted by molar-refractivity contribution is -0.387. The number of nitrogens with zero attached hydrogens (tertiary/aromatic N) is 3. The van der Waals surface area contributed by atoms with Crippen LogP contribution < -0.4 is 5.56 Å². The summed E-state index contributed by atoms with van der Waals surface area (Å²) in [7, 11) is -4.03. The van der Waals surface area contributed by atoms with Crippen LogP contribution in [0.1, 0.15) is 30.3 Å². The smallest absolute Gasteiger partial charge is 0.289 e. The minimum Gasteiger partial charge on any atom is -0.310 e. The fourth-order valence-electron chi connectivity index (χ4n) is 3.14. The Balaban J connectivity index is 1.94. The van der Waals surface area contributed by atoms with Crippen molar-refractivity contribution in [2.75, 3.05) is 13.1 Å². The molecule has 10 heteroatoms. The van der Waals surface area contributed by atoms with Gasteiger partial charge in [-0.25, -0.2) is 13.4 Å². The van der Waals surface area contributed by atoms with Crippen LogP contribution in [0.3, 0.4) is 0 Å². The monoisotopic (exact) mass is 378 g/mol. The van der Waals surface area contributed by atoms with Gasteiger partial charge in [-0.1, -0.05) is 12.1 Å². The van der Waals surface area contributed by atoms with Gasteiger partial charge in [-0.15, -0.1) is 0 Å². The number of nitro groups is 1. The van der Waals surface area contributed by atoms with Crippen LogP contribution >= 0.6 is 0 Å². The molecule has 1 aliphatic rings. The number of hydrogen-bond acceptors (Lipinski definition) is 6. The topological polar surface area (TPSA) is 126 Å². The summed E-state index contributed by atoms with van der Waals surface area (Å²) < 4.78 is 27.1. The van der Waals surface area contributed by atoms with Gasteiger partial charge in [0.25, 0.3) is 11.2 Å². The molecular weight excluding hydrogens is 360 g/mol. The van der Waals surface area contributed by atoms with Crippen LogP contribution in [0.25, 0.3) is 0 Å². The van der Waals surface area contributed by atoms with Crippen LogP contribution in [-0.2, 0) is 10.0 Å².